The summed E-state index contributed by atoms with van der Waals surface area (Å²) in [6.45, 7) is 0.402. The smallest absolute Gasteiger partial charge is 0.309 e. The Morgan fingerprint density at radius 1 is 1.24 bits per heavy atom. The van der Waals surface area contributed by atoms with Gasteiger partial charge in [0.25, 0.3) is 11.8 Å². The number of likely N-dealkylation sites (tertiary alicyclic amines) is 1. The number of thiophene rings is 1. The topological polar surface area (TPSA) is 105 Å². The summed E-state index contributed by atoms with van der Waals surface area (Å²) < 4.78 is 4.99. The van der Waals surface area contributed by atoms with Crippen LogP contribution in [0.25, 0.3) is 0 Å². The van der Waals surface area contributed by atoms with Gasteiger partial charge in [0.15, 0.2) is 6.61 Å². The van der Waals surface area contributed by atoms with Gasteiger partial charge in [0, 0.05) is 20.1 Å². The van der Waals surface area contributed by atoms with Gasteiger partial charge in [-0.2, -0.15) is 0 Å². The highest BCUT2D eigenvalue weighted by Gasteiger charge is 2.29. The van der Waals surface area contributed by atoms with Gasteiger partial charge in [0.2, 0.25) is 5.91 Å². The second kappa shape index (κ2) is 9.16. The van der Waals surface area contributed by atoms with E-state index in [0.717, 1.165) is 0 Å². The lowest BCUT2D eigenvalue weighted by molar-refractivity contribution is -0.153. The molecule has 0 saturated carbocycles. The summed E-state index contributed by atoms with van der Waals surface area (Å²) in [7, 11) is 1.46. The minimum Gasteiger partial charge on any atom is -0.455 e. The molecule has 0 aromatic carbocycles. The fourth-order valence-electron chi connectivity index (χ4n) is 2.45. The van der Waals surface area contributed by atoms with Crippen LogP contribution in [0.3, 0.4) is 0 Å². The quantitative estimate of drug-likeness (QED) is 0.689. The lowest BCUT2D eigenvalue weighted by atomic mass is 9.97. The molecule has 2 N–H and O–H groups in total. The molecule has 1 fully saturated rings. The first-order valence-electron chi connectivity index (χ1n) is 7.98. The molecule has 2 rings (SSSR count). The SMILES string of the molecule is CNC(=O)CNC(=O)COC(=O)C1CCN(C(=O)c2cccs2)CC1. The van der Waals surface area contributed by atoms with Crippen LogP contribution in [0, 0.1) is 5.92 Å². The highest BCUT2D eigenvalue weighted by Crippen LogP contribution is 2.21. The van der Waals surface area contributed by atoms with Crippen LogP contribution in [-0.4, -0.2) is 61.9 Å². The number of ether oxygens (including phenoxy) is 1. The van der Waals surface area contributed by atoms with Crippen molar-refractivity contribution < 1.29 is 23.9 Å². The van der Waals surface area contributed by atoms with Crippen LogP contribution in [0.4, 0.5) is 0 Å². The Bertz CT molecular complexity index is 624. The van der Waals surface area contributed by atoms with Crippen LogP contribution in [0.15, 0.2) is 17.5 Å². The number of carbonyl (C=O) groups excluding carboxylic acids is 4. The molecule has 25 heavy (non-hydrogen) atoms. The van der Waals surface area contributed by atoms with Gasteiger partial charge in [-0.15, -0.1) is 11.3 Å². The molecule has 3 amide bonds. The lowest BCUT2D eigenvalue weighted by Crippen LogP contribution is -2.41. The van der Waals surface area contributed by atoms with E-state index in [4.69, 9.17) is 4.74 Å². The zero-order chi connectivity index (χ0) is 18.2. The molecular formula is C16H21N3O5S. The standard InChI is InChI=1S/C16H21N3O5S/c1-17-13(20)9-18-14(21)10-24-16(23)11-4-6-19(7-5-11)15(22)12-3-2-8-25-12/h2-3,8,11H,4-7,9-10H2,1H3,(H,17,20)(H,18,21). The summed E-state index contributed by atoms with van der Waals surface area (Å²) >= 11 is 1.40. The number of nitrogens with zero attached hydrogens (tertiary/aromatic N) is 1. The van der Waals surface area contributed by atoms with Crippen molar-refractivity contribution in [3.8, 4) is 0 Å². The molecular weight excluding hydrogens is 346 g/mol. The molecule has 1 aliphatic heterocycles. The summed E-state index contributed by atoms with van der Waals surface area (Å²) in [5, 5.41) is 6.57. The van der Waals surface area contributed by atoms with Crippen molar-refractivity contribution in [1.29, 1.82) is 0 Å². The summed E-state index contributed by atoms with van der Waals surface area (Å²) in [5.74, 6) is -1.64. The Kier molecular flexibility index (Phi) is 6.93. The Hall–Kier alpha value is -2.42. The van der Waals surface area contributed by atoms with E-state index >= 15 is 0 Å². The summed E-state index contributed by atoms with van der Waals surface area (Å²) in [6, 6.07) is 3.61. The number of hydrogen-bond acceptors (Lipinski definition) is 6. The van der Waals surface area contributed by atoms with Crippen molar-refractivity contribution in [2.45, 2.75) is 12.8 Å². The molecule has 9 heteroatoms. The Morgan fingerprint density at radius 3 is 2.56 bits per heavy atom. The Labute approximate surface area is 149 Å². The summed E-state index contributed by atoms with van der Waals surface area (Å²) in [5.41, 5.74) is 0. The van der Waals surface area contributed by atoms with E-state index in [-0.39, 0.29) is 24.3 Å². The van der Waals surface area contributed by atoms with E-state index in [2.05, 4.69) is 10.6 Å². The van der Waals surface area contributed by atoms with Gasteiger partial charge in [-0.25, -0.2) is 0 Å². The first-order chi connectivity index (χ1) is 12.0. The highest BCUT2D eigenvalue weighted by atomic mass is 32.1. The first-order valence-corrected chi connectivity index (χ1v) is 8.86. The van der Waals surface area contributed by atoms with Crippen molar-refractivity contribution in [3.05, 3.63) is 22.4 Å². The van der Waals surface area contributed by atoms with Crippen LogP contribution in [0.1, 0.15) is 22.5 Å². The van der Waals surface area contributed by atoms with Crippen LogP contribution in [0.2, 0.25) is 0 Å². The minimum absolute atomic E-state index is 0.0182. The van der Waals surface area contributed by atoms with Crippen LogP contribution < -0.4 is 10.6 Å². The molecule has 0 atom stereocenters. The maximum atomic E-state index is 12.2. The first kappa shape index (κ1) is 18.9. The fourth-order valence-corrected chi connectivity index (χ4v) is 3.14. The van der Waals surface area contributed by atoms with Gasteiger partial charge in [-0.1, -0.05) is 6.07 Å². The zero-order valence-corrected chi connectivity index (χ0v) is 14.8. The third kappa shape index (κ3) is 5.56. The van der Waals surface area contributed by atoms with E-state index in [0.29, 0.717) is 30.8 Å². The zero-order valence-electron chi connectivity index (χ0n) is 13.9. The number of amides is 3. The van der Waals surface area contributed by atoms with Crippen molar-refractivity contribution in [2.24, 2.45) is 5.92 Å². The summed E-state index contributed by atoms with van der Waals surface area (Å²) in [6.07, 6.45) is 1.02. The van der Waals surface area contributed by atoms with E-state index < -0.39 is 18.5 Å². The highest BCUT2D eigenvalue weighted by molar-refractivity contribution is 7.12. The third-order valence-corrected chi connectivity index (χ3v) is 4.78. The van der Waals surface area contributed by atoms with Gasteiger partial charge in [0.05, 0.1) is 17.3 Å². The van der Waals surface area contributed by atoms with Crippen molar-refractivity contribution in [3.63, 3.8) is 0 Å². The van der Waals surface area contributed by atoms with E-state index in [9.17, 15) is 19.2 Å². The van der Waals surface area contributed by atoms with E-state index in [1.165, 1.54) is 18.4 Å². The van der Waals surface area contributed by atoms with Crippen molar-refractivity contribution >= 4 is 35.0 Å². The number of rotatable bonds is 6. The second-order valence-corrected chi connectivity index (χ2v) is 6.55. The molecule has 136 valence electrons. The maximum absolute atomic E-state index is 12.2. The van der Waals surface area contributed by atoms with E-state index in [1.54, 1.807) is 11.0 Å². The molecule has 1 aromatic heterocycles. The van der Waals surface area contributed by atoms with Crippen LogP contribution in [-0.2, 0) is 19.1 Å². The number of esters is 1. The van der Waals surface area contributed by atoms with Crippen LogP contribution in [0.5, 0.6) is 0 Å². The van der Waals surface area contributed by atoms with Gasteiger partial charge in [-0.3, -0.25) is 19.2 Å². The number of carbonyl (C=O) groups is 4. The normalized spacial score (nSPS) is 14.7. The average Bonchev–Trinajstić information content (AvgIpc) is 3.18. The molecule has 0 radical (unpaired) electrons. The molecule has 0 aliphatic carbocycles. The fraction of sp³-hybridized carbons (Fsp3) is 0.500. The van der Waals surface area contributed by atoms with Crippen molar-refractivity contribution in [2.75, 3.05) is 33.3 Å². The lowest BCUT2D eigenvalue weighted by Gasteiger charge is -2.30. The second-order valence-electron chi connectivity index (χ2n) is 5.60. The molecule has 0 spiro atoms. The van der Waals surface area contributed by atoms with Crippen LogP contribution >= 0.6 is 11.3 Å². The minimum atomic E-state index is -0.526. The van der Waals surface area contributed by atoms with Gasteiger partial charge < -0.3 is 20.3 Å². The Balaban J connectivity index is 1.69. The number of nitrogens with one attached hydrogen (secondary N) is 2. The Morgan fingerprint density at radius 2 is 1.96 bits per heavy atom. The monoisotopic (exact) mass is 367 g/mol. The number of hydrogen-bond donors (Lipinski definition) is 2. The molecule has 1 aliphatic rings. The summed E-state index contributed by atoms with van der Waals surface area (Å²) in [4.78, 5) is 49.2. The number of piperidine rings is 1. The third-order valence-electron chi connectivity index (χ3n) is 3.92. The molecule has 8 nitrogen and oxygen atoms in total. The number of likely N-dealkylation sites (N-methyl/N-ethyl adjacent to an activating group) is 1. The average molecular weight is 367 g/mol. The van der Waals surface area contributed by atoms with Gasteiger partial charge >= 0.3 is 5.97 Å². The maximum Gasteiger partial charge on any atom is 0.309 e. The molecule has 1 saturated heterocycles. The van der Waals surface area contributed by atoms with E-state index in [1.807, 2.05) is 11.4 Å². The molecule has 2 heterocycles. The molecule has 1 aromatic rings. The largest absolute Gasteiger partial charge is 0.455 e. The predicted octanol–water partition coefficient (Wildman–Crippen LogP) is 0.00570. The van der Waals surface area contributed by atoms with Gasteiger partial charge in [-0.05, 0) is 24.3 Å². The molecule has 0 unspecified atom stereocenters. The molecule has 0 bridgehead atoms. The van der Waals surface area contributed by atoms with Crippen molar-refractivity contribution in [1.82, 2.24) is 15.5 Å². The predicted molar refractivity (Wildman–Crippen MR) is 91.0 cm³/mol. The van der Waals surface area contributed by atoms with Gasteiger partial charge in [0.1, 0.15) is 0 Å².